The van der Waals surface area contributed by atoms with E-state index in [4.69, 9.17) is 4.42 Å². The Kier molecular flexibility index (Phi) is 3.17. The molecule has 1 fully saturated rings. The molecule has 2 aromatic carbocycles. The second-order valence-corrected chi connectivity index (χ2v) is 6.49. The number of rotatable bonds is 4. The summed E-state index contributed by atoms with van der Waals surface area (Å²) in [5.74, 6) is 0.860. The van der Waals surface area contributed by atoms with Gasteiger partial charge in [0.25, 0.3) is 5.91 Å². The van der Waals surface area contributed by atoms with E-state index in [2.05, 4.69) is 22.4 Å². The van der Waals surface area contributed by atoms with Crippen molar-refractivity contribution in [3.63, 3.8) is 0 Å². The first-order valence-corrected chi connectivity index (χ1v) is 8.47. The van der Waals surface area contributed by atoms with Crippen LogP contribution in [0.1, 0.15) is 22.5 Å². The highest BCUT2D eigenvalue weighted by atomic mass is 16.3. The lowest BCUT2D eigenvalue weighted by Gasteiger charge is -2.09. The molecule has 1 N–H and O–H groups in total. The molecule has 5 rings (SSSR count). The number of aromatic nitrogens is 1. The summed E-state index contributed by atoms with van der Waals surface area (Å²) < 4.78 is 8.02. The van der Waals surface area contributed by atoms with Gasteiger partial charge in [0.2, 0.25) is 0 Å². The summed E-state index contributed by atoms with van der Waals surface area (Å²) in [5.41, 5.74) is 2.54. The zero-order chi connectivity index (χ0) is 16.8. The molecule has 2 heterocycles. The molecule has 4 heteroatoms. The highest BCUT2D eigenvalue weighted by Gasteiger charge is 2.25. The van der Waals surface area contributed by atoms with Crippen LogP contribution in [0.2, 0.25) is 0 Å². The first-order chi connectivity index (χ1) is 12.3. The number of hydrogen-bond acceptors (Lipinski definition) is 2. The van der Waals surface area contributed by atoms with Crippen LogP contribution in [0.5, 0.6) is 0 Å². The molecule has 1 radical (unpaired) electrons. The molecule has 0 saturated heterocycles. The monoisotopic (exact) mass is 329 g/mol. The lowest BCUT2D eigenvalue weighted by atomic mass is 10.1. The summed E-state index contributed by atoms with van der Waals surface area (Å²) in [4.78, 5) is 12.6. The smallest absolute Gasteiger partial charge is 0.253 e. The van der Waals surface area contributed by atoms with E-state index >= 15 is 0 Å². The van der Waals surface area contributed by atoms with Crippen LogP contribution >= 0.6 is 0 Å². The van der Waals surface area contributed by atoms with E-state index in [0.29, 0.717) is 12.1 Å². The molecule has 4 nitrogen and oxygen atoms in total. The van der Waals surface area contributed by atoms with E-state index in [9.17, 15) is 4.79 Å². The minimum absolute atomic E-state index is 0.0195. The molecule has 1 aliphatic rings. The van der Waals surface area contributed by atoms with Gasteiger partial charge in [-0.3, -0.25) is 4.79 Å². The van der Waals surface area contributed by atoms with Gasteiger partial charge < -0.3 is 14.3 Å². The van der Waals surface area contributed by atoms with E-state index in [1.807, 2.05) is 54.7 Å². The molecule has 1 atom stereocenters. The van der Waals surface area contributed by atoms with Crippen molar-refractivity contribution in [3.8, 4) is 0 Å². The third-order valence-electron chi connectivity index (χ3n) is 4.62. The number of nitrogens with one attached hydrogen (secondary N) is 1. The Bertz CT molecular complexity index is 1050. The number of amides is 1. The first-order valence-electron chi connectivity index (χ1n) is 8.47. The first kappa shape index (κ1) is 14.3. The van der Waals surface area contributed by atoms with E-state index in [1.54, 1.807) is 0 Å². The molecule has 0 spiro atoms. The molecule has 123 valence electrons. The number of para-hydroxylation sites is 2. The van der Waals surface area contributed by atoms with Crippen molar-refractivity contribution < 1.29 is 9.21 Å². The van der Waals surface area contributed by atoms with Gasteiger partial charge >= 0.3 is 0 Å². The summed E-state index contributed by atoms with van der Waals surface area (Å²) in [6.45, 7) is 0.595. The van der Waals surface area contributed by atoms with Crippen LogP contribution in [0.25, 0.3) is 21.9 Å². The lowest BCUT2D eigenvalue weighted by molar-refractivity contribution is 0.0953. The molecular weight excluding hydrogens is 312 g/mol. The molecule has 0 bridgehead atoms. The predicted molar refractivity (Wildman–Crippen MR) is 97.4 cm³/mol. The van der Waals surface area contributed by atoms with Gasteiger partial charge in [0, 0.05) is 23.0 Å². The van der Waals surface area contributed by atoms with Crippen LogP contribution in [0, 0.1) is 6.42 Å². The fourth-order valence-electron chi connectivity index (χ4n) is 3.29. The van der Waals surface area contributed by atoms with Crippen molar-refractivity contribution in [3.05, 3.63) is 78.5 Å². The van der Waals surface area contributed by atoms with Crippen LogP contribution in [-0.2, 0) is 6.54 Å². The molecule has 4 aromatic rings. The molecule has 25 heavy (non-hydrogen) atoms. The van der Waals surface area contributed by atoms with E-state index in [0.717, 1.165) is 34.1 Å². The fourth-order valence-corrected chi connectivity index (χ4v) is 3.29. The van der Waals surface area contributed by atoms with E-state index in [-0.39, 0.29) is 11.9 Å². The average Bonchev–Trinajstić information content (AvgIpc) is 3.19. The van der Waals surface area contributed by atoms with Gasteiger partial charge in [-0.25, -0.2) is 0 Å². The standard InChI is InChI=1S/C21H17N2O2/c24-21(22-16-8-9-16)18-6-3-5-14-10-11-23(20(14)18)13-17-12-15-4-1-2-7-19(15)25-17/h1-8,10-12,16H,9,13H2,(H,22,24). The van der Waals surface area contributed by atoms with Gasteiger partial charge in [0.15, 0.2) is 0 Å². The van der Waals surface area contributed by atoms with Gasteiger partial charge in [0.05, 0.1) is 17.6 Å². The number of benzene rings is 2. The van der Waals surface area contributed by atoms with Crippen molar-refractivity contribution in [2.45, 2.75) is 19.0 Å². The highest BCUT2D eigenvalue weighted by Crippen LogP contribution is 2.25. The van der Waals surface area contributed by atoms with Gasteiger partial charge in [-0.15, -0.1) is 0 Å². The second kappa shape index (κ2) is 5.52. The SMILES string of the molecule is O=C(NC1[CH]C1)c1cccc2ccn(Cc3cc4ccccc4o3)c12. The van der Waals surface area contributed by atoms with Gasteiger partial charge in [0.1, 0.15) is 11.3 Å². The topological polar surface area (TPSA) is 47.2 Å². The van der Waals surface area contributed by atoms with Crippen LogP contribution in [-0.4, -0.2) is 16.5 Å². The summed E-state index contributed by atoms with van der Waals surface area (Å²) >= 11 is 0. The van der Waals surface area contributed by atoms with Crippen LogP contribution in [0.3, 0.4) is 0 Å². The van der Waals surface area contributed by atoms with Crippen LogP contribution < -0.4 is 5.32 Å². The average molecular weight is 329 g/mol. The van der Waals surface area contributed by atoms with Gasteiger partial charge in [-0.2, -0.15) is 0 Å². The quantitative estimate of drug-likeness (QED) is 0.611. The minimum Gasteiger partial charge on any atom is -0.459 e. The third kappa shape index (κ3) is 2.60. The maximum Gasteiger partial charge on any atom is 0.253 e. The number of hydrogen-bond donors (Lipinski definition) is 1. The number of furan rings is 1. The van der Waals surface area contributed by atoms with Crippen LogP contribution in [0.15, 0.2) is 65.2 Å². The molecule has 1 amide bonds. The summed E-state index contributed by atoms with van der Waals surface area (Å²) in [6, 6.07) is 18.2. The van der Waals surface area contributed by atoms with Crippen LogP contribution in [0.4, 0.5) is 0 Å². The molecule has 1 saturated carbocycles. The Labute approximate surface area is 145 Å². The normalized spacial score (nSPS) is 14.2. The molecular formula is C21H17N2O2. The molecule has 1 aliphatic carbocycles. The van der Waals surface area contributed by atoms with Crippen molar-refractivity contribution in [1.29, 1.82) is 0 Å². The molecule has 1 unspecified atom stereocenters. The van der Waals surface area contributed by atoms with E-state index < -0.39 is 0 Å². The Morgan fingerprint density at radius 1 is 1.12 bits per heavy atom. The summed E-state index contributed by atoms with van der Waals surface area (Å²) in [5, 5.41) is 5.19. The number of carbonyl (C=O) groups excluding carboxylic acids is 1. The third-order valence-corrected chi connectivity index (χ3v) is 4.62. The lowest BCUT2D eigenvalue weighted by Crippen LogP contribution is -2.26. The van der Waals surface area contributed by atoms with Crippen molar-refractivity contribution >= 4 is 27.8 Å². The zero-order valence-electron chi connectivity index (χ0n) is 13.6. The number of carbonyl (C=O) groups is 1. The molecule has 0 aliphatic heterocycles. The maximum atomic E-state index is 12.6. The summed E-state index contributed by atoms with van der Waals surface area (Å²) in [6.07, 6.45) is 5.06. The fraction of sp³-hybridized carbons (Fsp3) is 0.143. The summed E-state index contributed by atoms with van der Waals surface area (Å²) in [7, 11) is 0. The maximum absolute atomic E-state index is 12.6. The van der Waals surface area contributed by atoms with Gasteiger partial charge in [-0.05, 0) is 37.1 Å². The van der Waals surface area contributed by atoms with Crippen molar-refractivity contribution in [1.82, 2.24) is 9.88 Å². The van der Waals surface area contributed by atoms with Crippen molar-refractivity contribution in [2.75, 3.05) is 0 Å². The highest BCUT2D eigenvalue weighted by molar-refractivity contribution is 6.06. The zero-order valence-corrected chi connectivity index (χ0v) is 13.6. The Morgan fingerprint density at radius 3 is 2.80 bits per heavy atom. The van der Waals surface area contributed by atoms with E-state index in [1.165, 1.54) is 0 Å². The number of nitrogens with zero attached hydrogens (tertiary/aromatic N) is 1. The number of fused-ring (bicyclic) bond motifs is 2. The predicted octanol–water partition coefficient (Wildman–Crippen LogP) is 4.14. The Balaban J connectivity index is 1.55. The Morgan fingerprint density at radius 2 is 1.96 bits per heavy atom. The molecule has 2 aromatic heterocycles. The van der Waals surface area contributed by atoms with Gasteiger partial charge in [-0.1, -0.05) is 30.3 Å². The Hall–Kier alpha value is -3.01. The largest absolute Gasteiger partial charge is 0.459 e. The second-order valence-electron chi connectivity index (χ2n) is 6.49. The van der Waals surface area contributed by atoms with Crippen molar-refractivity contribution in [2.24, 2.45) is 0 Å². The minimum atomic E-state index is -0.0195.